The van der Waals surface area contributed by atoms with Gasteiger partial charge in [-0.25, -0.2) is 13.6 Å². The van der Waals surface area contributed by atoms with Crippen LogP contribution in [0, 0.1) is 28.9 Å². The van der Waals surface area contributed by atoms with E-state index in [0.717, 1.165) is 31.4 Å². The highest BCUT2D eigenvalue weighted by atomic mass is 19.1. The number of benzene rings is 1. The van der Waals surface area contributed by atoms with Gasteiger partial charge in [0.25, 0.3) is 0 Å². The number of hydrogen-bond donors (Lipinski definition) is 2. The number of nitriles is 1. The van der Waals surface area contributed by atoms with Crippen LogP contribution in [0.1, 0.15) is 19.3 Å². The number of carbonyl (C=O) groups is 1. The molecule has 2 atom stereocenters. The Kier molecular flexibility index (Phi) is 3.95. The molecule has 0 heterocycles. The van der Waals surface area contributed by atoms with Crippen LogP contribution in [0.5, 0.6) is 0 Å². The number of nitrogens with zero attached hydrogens (tertiary/aromatic N) is 1. The predicted octanol–water partition coefficient (Wildman–Crippen LogP) is 2.78. The van der Waals surface area contributed by atoms with Crippen LogP contribution in [-0.2, 0) is 0 Å². The average molecular weight is 265 g/mol. The molecule has 0 radical (unpaired) electrons. The van der Waals surface area contributed by atoms with Crippen molar-refractivity contribution in [3.8, 4) is 6.07 Å². The Labute approximate surface area is 109 Å². The quantitative estimate of drug-likeness (QED) is 0.863. The van der Waals surface area contributed by atoms with Gasteiger partial charge in [-0.05, 0) is 31.4 Å². The lowest BCUT2D eigenvalue weighted by molar-refractivity contribution is 0.247. The standard InChI is InChI=1S/C13H13F2N3O/c14-9-4-5-12(10(15)6-9)18-13(19)17-11-3-1-2-8(11)7-16/h4-6,8,11H,1-3H2,(H2,17,18,19). The normalized spacial score (nSPS) is 21.7. The zero-order chi connectivity index (χ0) is 13.8. The summed E-state index contributed by atoms with van der Waals surface area (Å²) in [6, 6.07) is 4.25. The summed E-state index contributed by atoms with van der Waals surface area (Å²) in [6.07, 6.45) is 2.37. The van der Waals surface area contributed by atoms with Crippen molar-refractivity contribution in [1.82, 2.24) is 5.32 Å². The first-order valence-corrected chi connectivity index (χ1v) is 6.02. The number of hydrogen-bond acceptors (Lipinski definition) is 2. The molecule has 0 saturated heterocycles. The van der Waals surface area contributed by atoms with E-state index in [2.05, 4.69) is 16.7 Å². The minimum Gasteiger partial charge on any atom is -0.334 e. The maximum Gasteiger partial charge on any atom is 0.319 e. The molecule has 6 heteroatoms. The van der Waals surface area contributed by atoms with Gasteiger partial charge in [-0.15, -0.1) is 0 Å². The summed E-state index contributed by atoms with van der Waals surface area (Å²) in [5.41, 5.74) is -0.0922. The molecule has 1 aromatic rings. The highest BCUT2D eigenvalue weighted by Crippen LogP contribution is 2.25. The molecule has 0 spiro atoms. The van der Waals surface area contributed by atoms with Gasteiger partial charge in [0.05, 0.1) is 17.7 Å². The first kappa shape index (κ1) is 13.3. The monoisotopic (exact) mass is 265 g/mol. The van der Waals surface area contributed by atoms with E-state index in [0.29, 0.717) is 6.07 Å². The third kappa shape index (κ3) is 3.19. The fraction of sp³-hybridized carbons (Fsp3) is 0.385. The highest BCUT2D eigenvalue weighted by Gasteiger charge is 2.28. The largest absolute Gasteiger partial charge is 0.334 e. The molecule has 1 fully saturated rings. The molecule has 2 unspecified atom stereocenters. The first-order chi connectivity index (χ1) is 9.10. The van der Waals surface area contributed by atoms with Gasteiger partial charge in [0.2, 0.25) is 0 Å². The molecular formula is C13H13F2N3O. The third-order valence-corrected chi connectivity index (χ3v) is 3.18. The number of amides is 2. The molecule has 0 bridgehead atoms. The molecule has 2 amide bonds. The minimum absolute atomic E-state index is 0.0922. The van der Waals surface area contributed by atoms with Gasteiger partial charge < -0.3 is 10.6 Å². The van der Waals surface area contributed by atoms with Crippen molar-refractivity contribution < 1.29 is 13.6 Å². The SMILES string of the molecule is N#CC1CCCC1NC(=O)Nc1ccc(F)cc1F. The van der Waals surface area contributed by atoms with Gasteiger partial charge in [-0.2, -0.15) is 5.26 Å². The molecule has 1 saturated carbocycles. The topological polar surface area (TPSA) is 64.9 Å². The number of carbonyl (C=O) groups excluding carboxylic acids is 1. The molecule has 4 nitrogen and oxygen atoms in total. The summed E-state index contributed by atoms with van der Waals surface area (Å²) in [5, 5.41) is 13.8. The smallest absolute Gasteiger partial charge is 0.319 e. The zero-order valence-corrected chi connectivity index (χ0v) is 10.1. The second-order valence-corrected chi connectivity index (χ2v) is 4.50. The third-order valence-electron chi connectivity index (χ3n) is 3.18. The maximum absolute atomic E-state index is 13.3. The Morgan fingerprint density at radius 1 is 1.37 bits per heavy atom. The Hall–Kier alpha value is -2.16. The molecule has 1 aliphatic carbocycles. The van der Waals surface area contributed by atoms with E-state index < -0.39 is 17.7 Å². The summed E-state index contributed by atoms with van der Waals surface area (Å²) in [7, 11) is 0. The molecule has 1 aliphatic rings. The van der Waals surface area contributed by atoms with E-state index in [1.165, 1.54) is 0 Å². The van der Waals surface area contributed by atoms with E-state index in [4.69, 9.17) is 5.26 Å². The molecule has 2 N–H and O–H groups in total. The van der Waals surface area contributed by atoms with Crippen LogP contribution in [0.2, 0.25) is 0 Å². The van der Waals surface area contributed by atoms with Gasteiger partial charge >= 0.3 is 6.03 Å². The van der Waals surface area contributed by atoms with Crippen molar-refractivity contribution in [1.29, 1.82) is 5.26 Å². The van der Waals surface area contributed by atoms with Crippen molar-refractivity contribution in [3.05, 3.63) is 29.8 Å². The molecule has 2 rings (SSSR count). The van der Waals surface area contributed by atoms with Crippen LogP contribution in [0.25, 0.3) is 0 Å². The Morgan fingerprint density at radius 3 is 2.84 bits per heavy atom. The lowest BCUT2D eigenvalue weighted by Crippen LogP contribution is -2.39. The maximum atomic E-state index is 13.3. The molecule has 1 aromatic carbocycles. The summed E-state index contributed by atoms with van der Waals surface area (Å²) in [4.78, 5) is 11.7. The van der Waals surface area contributed by atoms with E-state index in [-0.39, 0.29) is 17.6 Å². The number of anilines is 1. The van der Waals surface area contributed by atoms with Crippen LogP contribution in [0.15, 0.2) is 18.2 Å². The number of halogens is 2. The lowest BCUT2D eigenvalue weighted by atomic mass is 10.1. The molecule has 0 aliphatic heterocycles. The van der Waals surface area contributed by atoms with Crippen LogP contribution >= 0.6 is 0 Å². The number of rotatable bonds is 2. The van der Waals surface area contributed by atoms with Crippen LogP contribution in [0.3, 0.4) is 0 Å². The second kappa shape index (κ2) is 5.65. The van der Waals surface area contributed by atoms with Crippen molar-refractivity contribution in [2.24, 2.45) is 5.92 Å². The zero-order valence-electron chi connectivity index (χ0n) is 10.1. The van der Waals surface area contributed by atoms with E-state index >= 15 is 0 Å². The van der Waals surface area contributed by atoms with Crippen LogP contribution in [0.4, 0.5) is 19.3 Å². The van der Waals surface area contributed by atoms with E-state index in [1.54, 1.807) is 0 Å². The number of nitrogens with one attached hydrogen (secondary N) is 2. The fourth-order valence-corrected chi connectivity index (χ4v) is 2.20. The Morgan fingerprint density at radius 2 is 2.16 bits per heavy atom. The van der Waals surface area contributed by atoms with Gasteiger partial charge in [0, 0.05) is 12.1 Å². The van der Waals surface area contributed by atoms with Crippen molar-refractivity contribution >= 4 is 11.7 Å². The van der Waals surface area contributed by atoms with Gasteiger partial charge in [0.1, 0.15) is 11.6 Å². The fourth-order valence-electron chi connectivity index (χ4n) is 2.20. The minimum atomic E-state index is -0.835. The molecule has 19 heavy (non-hydrogen) atoms. The highest BCUT2D eigenvalue weighted by molar-refractivity contribution is 5.89. The average Bonchev–Trinajstić information content (AvgIpc) is 2.80. The van der Waals surface area contributed by atoms with Crippen molar-refractivity contribution in [3.63, 3.8) is 0 Å². The summed E-state index contributed by atoms with van der Waals surface area (Å²) in [5.74, 6) is -1.74. The Balaban J connectivity index is 1.96. The van der Waals surface area contributed by atoms with Gasteiger partial charge in [-0.1, -0.05) is 0 Å². The van der Waals surface area contributed by atoms with Crippen LogP contribution in [-0.4, -0.2) is 12.1 Å². The lowest BCUT2D eigenvalue weighted by Gasteiger charge is -2.16. The first-order valence-electron chi connectivity index (χ1n) is 6.02. The van der Waals surface area contributed by atoms with E-state index in [1.807, 2.05) is 0 Å². The summed E-state index contributed by atoms with van der Waals surface area (Å²) >= 11 is 0. The van der Waals surface area contributed by atoms with Crippen molar-refractivity contribution in [2.75, 3.05) is 5.32 Å². The molecule has 100 valence electrons. The van der Waals surface area contributed by atoms with Gasteiger partial charge in [-0.3, -0.25) is 0 Å². The van der Waals surface area contributed by atoms with Gasteiger partial charge in [0.15, 0.2) is 0 Å². The Bertz CT molecular complexity index is 527. The van der Waals surface area contributed by atoms with Crippen molar-refractivity contribution in [2.45, 2.75) is 25.3 Å². The van der Waals surface area contributed by atoms with Crippen LogP contribution < -0.4 is 10.6 Å². The van der Waals surface area contributed by atoms with E-state index in [9.17, 15) is 13.6 Å². The number of urea groups is 1. The predicted molar refractivity (Wildman–Crippen MR) is 65.3 cm³/mol. The second-order valence-electron chi connectivity index (χ2n) is 4.50. The summed E-state index contributed by atoms with van der Waals surface area (Å²) < 4.78 is 26.0. The molecular weight excluding hydrogens is 252 g/mol. The molecule has 0 aromatic heterocycles. The summed E-state index contributed by atoms with van der Waals surface area (Å²) in [6.45, 7) is 0.